The number of anilines is 1. The summed E-state index contributed by atoms with van der Waals surface area (Å²) in [5.41, 5.74) is 6.62. The lowest BCUT2D eigenvalue weighted by Gasteiger charge is -2.00. The number of nitrogens with two attached hydrogens (primary N) is 1. The summed E-state index contributed by atoms with van der Waals surface area (Å²) in [6, 6.07) is 3.68. The number of aromatic nitrogens is 3. The molecular weight excluding hydrogens is 208 g/mol. The Balaban J connectivity index is 2.18. The molecule has 0 amide bonds. The average Bonchev–Trinajstić information content (AvgIpc) is 2.22. The number of hydrogen-bond donors (Lipinski definition) is 1. The molecule has 0 unspecified atom stereocenters. The van der Waals surface area contributed by atoms with Crippen molar-refractivity contribution in [1.29, 1.82) is 0 Å². The van der Waals surface area contributed by atoms with E-state index in [0.29, 0.717) is 11.0 Å². The molecule has 0 bridgehead atoms. The molecule has 76 valence electrons. The summed E-state index contributed by atoms with van der Waals surface area (Å²) in [7, 11) is 0. The molecule has 0 aromatic carbocycles. The van der Waals surface area contributed by atoms with Crippen LogP contribution in [0.3, 0.4) is 0 Å². The third kappa shape index (κ3) is 2.66. The van der Waals surface area contributed by atoms with E-state index in [0.717, 1.165) is 10.5 Å². The van der Waals surface area contributed by atoms with Gasteiger partial charge in [0.2, 0.25) is 0 Å². The predicted molar refractivity (Wildman–Crippen MR) is 59.5 cm³/mol. The molecule has 0 saturated heterocycles. The lowest BCUT2D eigenvalue weighted by Crippen LogP contribution is -1.90. The number of rotatable bonds is 2. The van der Waals surface area contributed by atoms with Crippen molar-refractivity contribution in [1.82, 2.24) is 15.0 Å². The first-order valence-corrected chi connectivity index (χ1v) is 5.24. The highest BCUT2D eigenvalue weighted by atomic mass is 32.2. The standard InChI is InChI=1S/C10H10N4S/c1-7-5-13-10(14-6-7)15-8-2-3-12-9(11)4-8/h2-6H,1H3,(H2,11,12). The molecular formula is C10H10N4S. The first-order valence-electron chi connectivity index (χ1n) is 4.42. The highest BCUT2D eigenvalue weighted by Gasteiger charge is 2.00. The van der Waals surface area contributed by atoms with Gasteiger partial charge in [-0.2, -0.15) is 0 Å². The van der Waals surface area contributed by atoms with Crippen molar-refractivity contribution in [2.24, 2.45) is 0 Å². The molecule has 0 aliphatic carbocycles. The topological polar surface area (TPSA) is 64.7 Å². The number of nitrogens with zero attached hydrogens (tertiary/aromatic N) is 3. The largest absolute Gasteiger partial charge is 0.384 e. The van der Waals surface area contributed by atoms with Crippen LogP contribution in [0.15, 0.2) is 40.8 Å². The van der Waals surface area contributed by atoms with Crippen LogP contribution in [0.2, 0.25) is 0 Å². The molecule has 5 heteroatoms. The third-order valence-electron chi connectivity index (χ3n) is 1.72. The van der Waals surface area contributed by atoms with Crippen LogP contribution in [-0.2, 0) is 0 Å². The van der Waals surface area contributed by atoms with E-state index in [4.69, 9.17) is 5.73 Å². The van der Waals surface area contributed by atoms with Gasteiger partial charge in [0.05, 0.1) is 0 Å². The number of hydrogen-bond acceptors (Lipinski definition) is 5. The van der Waals surface area contributed by atoms with Crippen LogP contribution < -0.4 is 5.73 Å². The van der Waals surface area contributed by atoms with E-state index >= 15 is 0 Å². The number of pyridine rings is 1. The van der Waals surface area contributed by atoms with Gasteiger partial charge in [-0.1, -0.05) is 0 Å². The van der Waals surface area contributed by atoms with E-state index in [1.54, 1.807) is 24.7 Å². The second-order valence-corrected chi connectivity index (χ2v) is 4.10. The van der Waals surface area contributed by atoms with Crippen molar-refractivity contribution in [2.45, 2.75) is 17.0 Å². The summed E-state index contributed by atoms with van der Waals surface area (Å²) in [6.07, 6.45) is 5.26. The molecule has 0 fully saturated rings. The van der Waals surface area contributed by atoms with E-state index in [2.05, 4.69) is 15.0 Å². The molecule has 2 rings (SSSR count). The Labute approximate surface area is 92.0 Å². The highest BCUT2D eigenvalue weighted by molar-refractivity contribution is 7.99. The number of nitrogen functional groups attached to an aromatic ring is 1. The van der Waals surface area contributed by atoms with E-state index in [1.165, 1.54) is 11.8 Å². The van der Waals surface area contributed by atoms with Gasteiger partial charge in [0, 0.05) is 23.5 Å². The summed E-state index contributed by atoms with van der Waals surface area (Å²) < 4.78 is 0. The van der Waals surface area contributed by atoms with Crippen LogP contribution >= 0.6 is 11.8 Å². The predicted octanol–water partition coefficient (Wildman–Crippen LogP) is 1.91. The van der Waals surface area contributed by atoms with E-state index in [9.17, 15) is 0 Å². The molecule has 15 heavy (non-hydrogen) atoms. The van der Waals surface area contributed by atoms with Crippen molar-refractivity contribution in [2.75, 3.05) is 5.73 Å². The molecule has 0 radical (unpaired) electrons. The van der Waals surface area contributed by atoms with E-state index in [1.807, 2.05) is 13.0 Å². The van der Waals surface area contributed by atoms with Crippen LogP contribution in [0.25, 0.3) is 0 Å². The molecule has 0 aliphatic rings. The van der Waals surface area contributed by atoms with Gasteiger partial charge < -0.3 is 5.73 Å². The average molecular weight is 218 g/mol. The van der Waals surface area contributed by atoms with Crippen LogP contribution in [0.4, 0.5) is 5.82 Å². The molecule has 2 aromatic heterocycles. The van der Waals surface area contributed by atoms with Gasteiger partial charge in [-0.05, 0) is 36.4 Å². The molecule has 2 N–H and O–H groups in total. The van der Waals surface area contributed by atoms with E-state index < -0.39 is 0 Å². The molecule has 2 heterocycles. The maximum absolute atomic E-state index is 5.57. The third-order valence-corrected chi connectivity index (χ3v) is 2.60. The lowest BCUT2D eigenvalue weighted by atomic mass is 10.4. The lowest BCUT2D eigenvalue weighted by molar-refractivity contribution is 0.950. The zero-order valence-electron chi connectivity index (χ0n) is 8.21. The zero-order chi connectivity index (χ0) is 10.7. The fourth-order valence-electron chi connectivity index (χ4n) is 1.03. The zero-order valence-corrected chi connectivity index (χ0v) is 9.03. The Morgan fingerprint density at radius 2 is 1.93 bits per heavy atom. The Hall–Kier alpha value is -1.62. The van der Waals surface area contributed by atoms with Crippen molar-refractivity contribution in [3.8, 4) is 0 Å². The van der Waals surface area contributed by atoms with Crippen molar-refractivity contribution >= 4 is 17.6 Å². The Kier molecular flexibility index (Phi) is 2.82. The van der Waals surface area contributed by atoms with Gasteiger partial charge in [0.15, 0.2) is 5.16 Å². The Bertz CT molecular complexity index is 455. The molecule has 2 aromatic rings. The summed E-state index contributed by atoms with van der Waals surface area (Å²) in [5.74, 6) is 0.507. The SMILES string of the molecule is Cc1cnc(Sc2ccnc(N)c2)nc1. The minimum atomic E-state index is 0.507. The normalized spacial score (nSPS) is 10.2. The second kappa shape index (κ2) is 4.27. The summed E-state index contributed by atoms with van der Waals surface area (Å²) in [4.78, 5) is 13.3. The maximum Gasteiger partial charge on any atom is 0.192 e. The van der Waals surface area contributed by atoms with Crippen LogP contribution in [-0.4, -0.2) is 15.0 Å². The maximum atomic E-state index is 5.57. The van der Waals surface area contributed by atoms with Gasteiger partial charge in [-0.25, -0.2) is 15.0 Å². The van der Waals surface area contributed by atoms with Crippen LogP contribution in [0.1, 0.15) is 5.56 Å². The smallest absolute Gasteiger partial charge is 0.192 e. The van der Waals surface area contributed by atoms with Gasteiger partial charge in [-0.15, -0.1) is 0 Å². The van der Waals surface area contributed by atoms with E-state index in [-0.39, 0.29) is 0 Å². The quantitative estimate of drug-likeness (QED) is 0.780. The summed E-state index contributed by atoms with van der Waals surface area (Å²) >= 11 is 1.47. The van der Waals surface area contributed by atoms with Crippen molar-refractivity contribution < 1.29 is 0 Å². The monoisotopic (exact) mass is 218 g/mol. The van der Waals surface area contributed by atoms with Crippen molar-refractivity contribution in [3.05, 3.63) is 36.3 Å². The van der Waals surface area contributed by atoms with Gasteiger partial charge >= 0.3 is 0 Å². The molecule has 0 atom stereocenters. The molecule has 0 saturated carbocycles. The van der Waals surface area contributed by atoms with Crippen LogP contribution in [0, 0.1) is 6.92 Å². The first-order chi connectivity index (χ1) is 7.24. The second-order valence-electron chi connectivity index (χ2n) is 3.06. The Morgan fingerprint density at radius 3 is 2.60 bits per heavy atom. The van der Waals surface area contributed by atoms with Gasteiger partial charge in [0.25, 0.3) is 0 Å². The fourth-order valence-corrected chi connectivity index (χ4v) is 1.76. The first kappa shape index (κ1) is 9.92. The summed E-state index contributed by atoms with van der Waals surface area (Å²) in [5, 5.41) is 0.714. The molecule has 0 aliphatic heterocycles. The summed E-state index contributed by atoms with van der Waals surface area (Å²) in [6.45, 7) is 1.96. The minimum absolute atomic E-state index is 0.507. The fraction of sp³-hybridized carbons (Fsp3) is 0.100. The van der Waals surface area contributed by atoms with Gasteiger partial charge in [-0.3, -0.25) is 0 Å². The van der Waals surface area contributed by atoms with Crippen molar-refractivity contribution in [3.63, 3.8) is 0 Å². The molecule has 4 nitrogen and oxygen atoms in total. The number of aryl methyl sites for hydroxylation is 1. The van der Waals surface area contributed by atoms with Gasteiger partial charge in [0.1, 0.15) is 5.82 Å². The minimum Gasteiger partial charge on any atom is -0.384 e. The highest BCUT2D eigenvalue weighted by Crippen LogP contribution is 2.24. The molecule has 0 spiro atoms. The Morgan fingerprint density at radius 1 is 1.20 bits per heavy atom. The van der Waals surface area contributed by atoms with Crippen LogP contribution in [0.5, 0.6) is 0 Å².